The minimum absolute atomic E-state index is 0.00750. The van der Waals surface area contributed by atoms with Crippen molar-refractivity contribution < 1.29 is 10.2 Å². The van der Waals surface area contributed by atoms with Crippen LogP contribution in [0, 0.1) is 0 Å². The molecule has 1 aromatic carbocycles. The highest BCUT2D eigenvalue weighted by atomic mass is 35.5. The molecule has 0 saturated carbocycles. The van der Waals surface area contributed by atoms with Gasteiger partial charge in [-0.15, -0.1) is 0 Å². The van der Waals surface area contributed by atoms with Gasteiger partial charge in [0, 0.05) is 13.7 Å². The maximum absolute atomic E-state index is 8.99. The average molecular weight is 282 g/mol. The molecule has 0 aliphatic rings. The summed E-state index contributed by atoms with van der Waals surface area (Å²) in [7, 11) is 1.64. The van der Waals surface area contributed by atoms with Gasteiger partial charge in [-0.05, 0) is 23.6 Å². The van der Waals surface area contributed by atoms with E-state index in [2.05, 4.69) is 15.3 Å². The summed E-state index contributed by atoms with van der Waals surface area (Å²) in [4.78, 5) is 7.24. The van der Waals surface area contributed by atoms with Crippen LogP contribution in [-0.2, 0) is 6.42 Å². The number of benzene rings is 1. The fraction of sp³-hybridized carbons (Fsp3) is 0.231. The second-order valence-electron chi connectivity index (χ2n) is 3.58. The summed E-state index contributed by atoms with van der Waals surface area (Å²) in [5.74, 6) is 0.326. The van der Waals surface area contributed by atoms with Crippen molar-refractivity contribution in [2.75, 3.05) is 19.0 Å². The molecule has 2 rings (SSSR count). The molecule has 0 atom stereocenters. The maximum atomic E-state index is 8.99. The van der Waals surface area contributed by atoms with Gasteiger partial charge in [-0.1, -0.05) is 30.3 Å². The number of aromatic nitrogens is 2. The van der Waals surface area contributed by atoms with Gasteiger partial charge in [-0.3, -0.25) is 0 Å². The van der Waals surface area contributed by atoms with Crippen molar-refractivity contribution in [1.82, 2.24) is 9.97 Å². The molecular weight excluding hydrogens is 266 g/mol. The number of nitrogens with zero attached hydrogens (tertiary/aromatic N) is 2. The zero-order chi connectivity index (χ0) is 14.1. The first-order chi connectivity index (χ1) is 9.17. The molecule has 0 spiro atoms. The summed E-state index contributed by atoms with van der Waals surface area (Å²) in [6, 6.07) is 9.95. The Kier molecular flexibility index (Phi) is 6.63. The van der Waals surface area contributed by atoms with Crippen molar-refractivity contribution in [3.05, 3.63) is 47.4 Å². The van der Waals surface area contributed by atoms with Crippen molar-refractivity contribution in [3.8, 4) is 5.75 Å². The second-order valence-corrected chi connectivity index (χ2v) is 3.92. The summed E-state index contributed by atoms with van der Waals surface area (Å²) in [5.41, 5.74) is 1.19. The lowest BCUT2D eigenvalue weighted by molar-refractivity contribution is 0.299. The van der Waals surface area contributed by atoms with Crippen LogP contribution in [-0.4, -0.2) is 33.8 Å². The van der Waals surface area contributed by atoms with Gasteiger partial charge in [-0.25, -0.2) is 4.98 Å². The summed E-state index contributed by atoms with van der Waals surface area (Å²) >= 11 is 5.42. The lowest BCUT2D eigenvalue weighted by Crippen LogP contribution is -1.93. The molecule has 0 saturated heterocycles. The number of aliphatic hydroxyl groups excluding tert-OH is 1. The van der Waals surface area contributed by atoms with E-state index in [1.165, 1.54) is 11.8 Å². The topological polar surface area (TPSA) is 78.3 Å². The SMILES string of the molecule is CNc1nc(Cl)ncc1O.OCCc1ccccc1. The molecule has 1 heterocycles. The fourth-order valence-electron chi connectivity index (χ4n) is 1.31. The Hall–Kier alpha value is -1.85. The van der Waals surface area contributed by atoms with Crippen molar-refractivity contribution >= 4 is 17.4 Å². The Labute approximate surface area is 116 Å². The lowest BCUT2D eigenvalue weighted by Gasteiger charge is -1.99. The van der Waals surface area contributed by atoms with Crippen LogP contribution in [0.4, 0.5) is 5.82 Å². The van der Waals surface area contributed by atoms with E-state index in [9.17, 15) is 0 Å². The highest BCUT2D eigenvalue weighted by Crippen LogP contribution is 2.18. The molecule has 3 N–H and O–H groups in total. The Morgan fingerprint density at radius 2 is 1.95 bits per heavy atom. The third-order valence-corrected chi connectivity index (χ3v) is 2.40. The van der Waals surface area contributed by atoms with Crippen LogP contribution in [0.2, 0.25) is 5.28 Å². The van der Waals surface area contributed by atoms with E-state index in [1.807, 2.05) is 30.3 Å². The van der Waals surface area contributed by atoms with E-state index in [4.69, 9.17) is 21.8 Å². The van der Waals surface area contributed by atoms with Crippen molar-refractivity contribution in [2.24, 2.45) is 0 Å². The Morgan fingerprint density at radius 3 is 2.47 bits per heavy atom. The third-order valence-electron chi connectivity index (χ3n) is 2.22. The van der Waals surface area contributed by atoms with Crippen molar-refractivity contribution in [3.63, 3.8) is 0 Å². The Morgan fingerprint density at radius 1 is 1.26 bits per heavy atom. The van der Waals surface area contributed by atoms with Gasteiger partial charge in [0.15, 0.2) is 11.6 Å². The van der Waals surface area contributed by atoms with Crippen LogP contribution in [0.5, 0.6) is 5.75 Å². The summed E-state index contributed by atoms with van der Waals surface area (Å²) in [5, 5.41) is 20.3. The van der Waals surface area contributed by atoms with E-state index in [1.54, 1.807) is 7.05 Å². The maximum Gasteiger partial charge on any atom is 0.224 e. The largest absolute Gasteiger partial charge is 0.503 e. The molecule has 0 bridgehead atoms. The smallest absolute Gasteiger partial charge is 0.224 e. The first-order valence-corrected chi connectivity index (χ1v) is 6.09. The second kappa shape index (κ2) is 8.29. The van der Waals surface area contributed by atoms with Gasteiger partial charge in [0.25, 0.3) is 0 Å². The molecule has 0 fully saturated rings. The molecule has 6 heteroatoms. The molecule has 1 aromatic heterocycles. The highest BCUT2D eigenvalue weighted by Gasteiger charge is 2.00. The first-order valence-electron chi connectivity index (χ1n) is 5.71. The number of aliphatic hydroxyl groups is 1. The zero-order valence-corrected chi connectivity index (χ0v) is 11.3. The number of aromatic hydroxyl groups is 1. The number of halogens is 1. The molecule has 102 valence electrons. The van der Waals surface area contributed by atoms with Crippen LogP contribution < -0.4 is 5.32 Å². The molecule has 19 heavy (non-hydrogen) atoms. The molecular formula is C13H16ClN3O2. The number of hydrogen-bond donors (Lipinski definition) is 3. The van der Waals surface area contributed by atoms with E-state index >= 15 is 0 Å². The number of nitrogens with one attached hydrogen (secondary N) is 1. The van der Waals surface area contributed by atoms with Gasteiger partial charge < -0.3 is 15.5 Å². The zero-order valence-electron chi connectivity index (χ0n) is 10.5. The molecule has 0 amide bonds. The van der Waals surface area contributed by atoms with E-state index in [0.717, 1.165) is 6.42 Å². The van der Waals surface area contributed by atoms with Gasteiger partial charge in [-0.2, -0.15) is 4.98 Å². The molecule has 0 aliphatic carbocycles. The summed E-state index contributed by atoms with van der Waals surface area (Å²) in [6.07, 6.45) is 2.00. The standard InChI is InChI=1S/C8H10O.C5H6ClN3O/c9-7-6-8-4-2-1-3-5-8;1-7-4-3(10)2-8-5(6)9-4/h1-5,9H,6-7H2;2,10H,1H3,(H,7,8,9). The molecule has 5 nitrogen and oxygen atoms in total. The van der Waals surface area contributed by atoms with Crippen LogP contribution in [0.15, 0.2) is 36.5 Å². The number of anilines is 1. The minimum Gasteiger partial charge on any atom is -0.503 e. The monoisotopic (exact) mass is 281 g/mol. The predicted octanol–water partition coefficient (Wildman–Crippen LogP) is 2.10. The first kappa shape index (κ1) is 15.2. The van der Waals surface area contributed by atoms with Crippen molar-refractivity contribution in [2.45, 2.75) is 6.42 Å². The van der Waals surface area contributed by atoms with Crippen LogP contribution in [0.3, 0.4) is 0 Å². The van der Waals surface area contributed by atoms with E-state index in [-0.39, 0.29) is 17.6 Å². The van der Waals surface area contributed by atoms with Gasteiger partial charge in [0.2, 0.25) is 5.28 Å². The van der Waals surface area contributed by atoms with E-state index in [0.29, 0.717) is 5.82 Å². The molecule has 0 radical (unpaired) electrons. The van der Waals surface area contributed by atoms with Crippen LogP contribution >= 0.6 is 11.6 Å². The predicted molar refractivity (Wildman–Crippen MR) is 75.5 cm³/mol. The van der Waals surface area contributed by atoms with Crippen LogP contribution in [0.1, 0.15) is 5.56 Å². The molecule has 0 aliphatic heterocycles. The Bertz CT molecular complexity index is 495. The van der Waals surface area contributed by atoms with Gasteiger partial charge in [0.05, 0.1) is 6.20 Å². The fourth-order valence-corrected chi connectivity index (χ4v) is 1.45. The third kappa shape index (κ3) is 5.54. The normalized spacial score (nSPS) is 9.42. The van der Waals surface area contributed by atoms with Gasteiger partial charge in [0.1, 0.15) is 0 Å². The molecule has 2 aromatic rings. The molecule has 0 unspecified atom stereocenters. The van der Waals surface area contributed by atoms with Crippen molar-refractivity contribution in [1.29, 1.82) is 0 Å². The summed E-state index contributed by atoms with van der Waals surface area (Å²) in [6.45, 7) is 0.240. The number of hydrogen-bond acceptors (Lipinski definition) is 5. The highest BCUT2D eigenvalue weighted by molar-refractivity contribution is 6.28. The number of rotatable bonds is 3. The lowest BCUT2D eigenvalue weighted by atomic mass is 10.2. The Balaban J connectivity index is 0.000000191. The van der Waals surface area contributed by atoms with E-state index < -0.39 is 0 Å². The van der Waals surface area contributed by atoms with Gasteiger partial charge >= 0.3 is 0 Å². The quantitative estimate of drug-likeness (QED) is 0.751. The van der Waals surface area contributed by atoms with Crippen LogP contribution in [0.25, 0.3) is 0 Å². The minimum atomic E-state index is -0.00750. The summed E-state index contributed by atoms with van der Waals surface area (Å²) < 4.78 is 0. The average Bonchev–Trinajstić information content (AvgIpc) is 2.44.